The van der Waals surface area contributed by atoms with Crippen LogP contribution in [0.1, 0.15) is 34.8 Å². The molecule has 2 N–H and O–H groups in total. The molecule has 1 fully saturated rings. The molecule has 126 valence electrons. The quantitative estimate of drug-likeness (QED) is 0.889. The zero-order valence-corrected chi connectivity index (χ0v) is 14.0. The van der Waals surface area contributed by atoms with Crippen LogP contribution < -0.4 is 5.32 Å². The predicted molar refractivity (Wildman–Crippen MR) is 95.1 cm³/mol. The van der Waals surface area contributed by atoms with Crippen LogP contribution in [0.5, 0.6) is 5.75 Å². The third kappa shape index (κ3) is 3.95. The van der Waals surface area contributed by atoms with Crippen molar-refractivity contribution in [3.63, 3.8) is 0 Å². The first kappa shape index (κ1) is 16.5. The molecule has 2 aromatic rings. The summed E-state index contributed by atoms with van der Waals surface area (Å²) in [6, 6.07) is 15.7. The second-order valence-electron chi connectivity index (χ2n) is 6.38. The Bertz CT molecular complexity index is 700. The number of hydrogen-bond donors (Lipinski definition) is 2. The van der Waals surface area contributed by atoms with Crippen LogP contribution in [-0.2, 0) is 13.0 Å². The second-order valence-corrected chi connectivity index (χ2v) is 6.38. The fourth-order valence-corrected chi connectivity index (χ4v) is 3.18. The molecule has 0 aromatic heterocycles. The fraction of sp³-hybridized carbons (Fsp3) is 0.350. The van der Waals surface area contributed by atoms with E-state index in [1.165, 1.54) is 5.56 Å². The summed E-state index contributed by atoms with van der Waals surface area (Å²) in [5, 5.41) is 13.0. The van der Waals surface area contributed by atoms with Gasteiger partial charge in [0.15, 0.2) is 0 Å². The number of aromatic hydroxyl groups is 1. The van der Waals surface area contributed by atoms with Crippen LogP contribution in [0.4, 0.5) is 0 Å². The maximum absolute atomic E-state index is 12.5. The summed E-state index contributed by atoms with van der Waals surface area (Å²) in [7, 11) is 0. The topological polar surface area (TPSA) is 52.6 Å². The van der Waals surface area contributed by atoms with Crippen LogP contribution in [0.25, 0.3) is 0 Å². The minimum absolute atomic E-state index is 0.0452. The summed E-state index contributed by atoms with van der Waals surface area (Å²) < 4.78 is 0. The molecule has 1 heterocycles. The van der Waals surface area contributed by atoms with E-state index in [0.717, 1.165) is 38.0 Å². The normalized spacial score (nSPS) is 17.8. The van der Waals surface area contributed by atoms with E-state index in [1.807, 2.05) is 31.2 Å². The zero-order chi connectivity index (χ0) is 16.9. The minimum Gasteiger partial charge on any atom is -0.507 e. The van der Waals surface area contributed by atoms with Crippen LogP contribution in [-0.4, -0.2) is 35.0 Å². The van der Waals surface area contributed by atoms with E-state index >= 15 is 0 Å². The number of phenols is 1. The maximum atomic E-state index is 12.5. The van der Waals surface area contributed by atoms with Gasteiger partial charge in [-0.3, -0.25) is 9.69 Å². The van der Waals surface area contributed by atoms with Crippen molar-refractivity contribution in [2.45, 2.75) is 32.4 Å². The lowest BCUT2D eigenvalue weighted by atomic mass is 10.1. The fourth-order valence-electron chi connectivity index (χ4n) is 3.18. The van der Waals surface area contributed by atoms with Crippen molar-refractivity contribution in [2.75, 3.05) is 13.1 Å². The van der Waals surface area contributed by atoms with Gasteiger partial charge in [-0.25, -0.2) is 0 Å². The van der Waals surface area contributed by atoms with E-state index in [-0.39, 0.29) is 17.7 Å². The Morgan fingerprint density at radius 2 is 2.00 bits per heavy atom. The van der Waals surface area contributed by atoms with E-state index < -0.39 is 0 Å². The number of phenolic OH excluding ortho intramolecular Hbond substituents is 1. The second kappa shape index (κ2) is 7.49. The number of carbonyl (C=O) groups excluding carboxylic acids is 1. The third-order valence-electron chi connectivity index (χ3n) is 4.57. The van der Waals surface area contributed by atoms with Crippen molar-refractivity contribution >= 4 is 5.91 Å². The number of benzene rings is 2. The SMILES string of the molecule is CCc1ccc(O)c(C(=O)NC2CCN(Cc3ccccc3)C2)c1. The first-order valence-electron chi connectivity index (χ1n) is 8.54. The average Bonchev–Trinajstić information content (AvgIpc) is 3.03. The zero-order valence-electron chi connectivity index (χ0n) is 14.0. The molecule has 4 heteroatoms. The van der Waals surface area contributed by atoms with Gasteiger partial charge in [-0.05, 0) is 36.1 Å². The molecule has 0 saturated carbocycles. The Kier molecular flexibility index (Phi) is 5.16. The summed E-state index contributed by atoms with van der Waals surface area (Å²) in [5.74, 6) is -0.141. The molecule has 0 radical (unpaired) electrons. The number of nitrogens with zero attached hydrogens (tertiary/aromatic N) is 1. The molecule has 1 aliphatic heterocycles. The van der Waals surface area contributed by atoms with E-state index in [2.05, 4.69) is 22.3 Å². The molecule has 0 spiro atoms. The van der Waals surface area contributed by atoms with Gasteiger partial charge in [0, 0.05) is 25.7 Å². The molecular formula is C20H24N2O2. The highest BCUT2D eigenvalue weighted by Crippen LogP contribution is 2.20. The number of aryl methyl sites for hydroxylation is 1. The Morgan fingerprint density at radius 3 is 2.75 bits per heavy atom. The highest BCUT2D eigenvalue weighted by atomic mass is 16.3. The summed E-state index contributed by atoms with van der Waals surface area (Å²) in [6.45, 7) is 4.76. The highest BCUT2D eigenvalue weighted by Gasteiger charge is 2.25. The molecule has 1 aliphatic rings. The number of nitrogens with one attached hydrogen (secondary N) is 1. The molecular weight excluding hydrogens is 300 g/mol. The van der Waals surface area contributed by atoms with Crippen LogP contribution in [0.3, 0.4) is 0 Å². The Labute approximate surface area is 143 Å². The number of amides is 1. The van der Waals surface area contributed by atoms with Gasteiger partial charge in [-0.1, -0.05) is 43.3 Å². The van der Waals surface area contributed by atoms with Crippen molar-refractivity contribution in [3.8, 4) is 5.75 Å². The lowest BCUT2D eigenvalue weighted by Gasteiger charge is -2.17. The lowest BCUT2D eigenvalue weighted by molar-refractivity contribution is 0.0935. The molecule has 4 nitrogen and oxygen atoms in total. The number of rotatable bonds is 5. The third-order valence-corrected chi connectivity index (χ3v) is 4.57. The first-order valence-corrected chi connectivity index (χ1v) is 8.54. The molecule has 1 atom stereocenters. The highest BCUT2D eigenvalue weighted by molar-refractivity contribution is 5.97. The molecule has 1 saturated heterocycles. The molecule has 2 aromatic carbocycles. The average molecular weight is 324 g/mol. The van der Waals surface area contributed by atoms with Gasteiger partial charge in [-0.2, -0.15) is 0 Å². The van der Waals surface area contributed by atoms with E-state index in [0.29, 0.717) is 5.56 Å². The van der Waals surface area contributed by atoms with Crippen molar-refractivity contribution in [1.29, 1.82) is 0 Å². The Hall–Kier alpha value is -2.33. The number of hydrogen-bond acceptors (Lipinski definition) is 3. The van der Waals surface area contributed by atoms with Gasteiger partial charge < -0.3 is 10.4 Å². The van der Waals surface area contributed by atoms with Crippen molar-refractivity contribution in [3.05, 3.63) is 65.2 Å². The smallest absolute Gasteiger partial charge is 0.255 e. The molecule has 1 unspecified atom stereocenters. The van der Waals surface area contributed by atoms with Gasteiger partial charge in [0.2, 0.25) is 0 Å². The van der Waals surface area contributed by atoms with E-state index in [4.69, 9.17) is 0 Å². The van der Waals surface area contributed by atoms with Gasteiger partial charge in [0.05, 0.1) is 5.56 Å². The maximum Gasteiger partial charge on any atom is 0.255 e. The number of carbonyl (C=O) groups is 1. The van der Waals surface area contributed by atoms with Crippen LogP contribution >= 0.6 is 0 Å². The Balaban J connectivity index is 1.58. The Morgan fingerprint density at radius 1 is 1.21 bits per heavy atom. The summed E-state index contributed by atoms with van der Waals surface area (Å²) in [5.41, 5.74) is 2.71. The molecule has 0 aliphatic carbocycles. The van der Waals surface area contributed by atoms with Crippen molar-refractivity contribution < 1.29 is 9.90 Å². The standard InChI is InChI=1S/C20H24N2O2/c1-2-15-8-9-19(23)18(12-15)20(24)21-17-10-11-22(14-17)13-16-6-4-3-5-7-16/h3-9,12,17,23H,2,10-11,13-14H2,1H3,(H,21,24). The van der Waals surface area contributed by atoms with Crippen molar-refractivity contribution in [1.82, 2.24) is 10.2 Å². The van der Waals surface area contributed by atoms with Crippen LogP contribution in [0.15, 0.2) is 48.5 Å². The van der Waals surface area contributed by atoms with Gasteiger partial charge >= 0.3 is 0 Å². The monoisotopic (exact) mass is 324 g/mol. The first-order chi connectivity index (χ1) is 11.7. The van der Waals surface area contributed by atoms with E-state index in [1.54, 1.807) is 12.1 Å². The predicted octanol–water partition coefficient (Wildman–Crippen LogP) is 2.96. The largest absolute Gasteiger partial charge is 0.507 e. The summed E-state index contributed by atoms with van der Waals surface area (Å²) >= 11 is 0. The minimum atomic E-state index is -0.186. The van der Waals surface area contributed by atoms with Crippen molar-refractivity contribution in [2.24, 2.45) is 0 Å². The molecule has 1 amide bonds. The molecule has 24 heavy (non-hydrogen) atoms. The molecule has 3 rings (SSSR count). The lowest BCUT2D eigenvalue weighted by Crippen LogP contribution is -2.37. The van der Waals surface area contributed by atoms with Crippen LogP contribution in [0.2, 0.25) is 0 Å². The van der Waals surface area contributed by atoms with Crippen LogP contribution in [0, 0.1) is 0 Å². The van der Waals surface area contributed by atoms with Gasteiger partial charge in [0.25, 0.3) is 5.91 Å². The summed E-state index contributed by atoms with van der Waals surface area (Å²) in [6.07, 6.45) is 1.78. The molecule has 0 bridgehead atoms. The summed E-state index contributed by atoms with van der Waals surface area (Å²) in [4.78, 5) is 14.8. The number of likely N-dealkylation sites (tertiary alicyclic amines) is 1. The van der Waals surface area contributed by atoms with E-state index in [9.17, 15) is 9.90 Å². The van der Waals surface area contributed by atoms with Gasteiger partial charge in [0.1, 0.15) is 5.75 Å². The van der Waals surface area contributed by atoms with Gasteiger partial charge in [-0.15, -0.1) is 0 Å².